The molecule has 0 radical (unpaired) electrons. The molecule has 1 aromatic carbocycles. The zero-order valence-corrected chi connectivity index (χ0v) is 13.4. The van der Waals surface area contributed by atoms with E-state index in [1.54, 1.807) is 0 Å². The van der Waals surface area contributed by atoms with Crippen molar-refractivity contribution < 1.29 is 4.84 Å². The van der Waals surface area contributed by atoms with Crippen LogP contribution in [0.1, 0.15) is 42.5 Å². The lowest BCUT2D eigenvalue weighted by molar-refractivity contribution is 0.220. The summed E-state index contributed by atoms with van der Waals surface area (Å²) in [6.07, 6.45) is 11.3. The maximum atomic E-state index is 5.96. The smallest absolute Gasteiger partial charge is 0.169 e. The minimum absolute atomic E-state index is 0.558. The molecule has 114 valence electrons. The molecule has 0 saturated carbocycles. The van der Waals surface area contributed by atoms with E-state index in [1.807, 2.05) is 0 Å². The van der Waals surface area contributed by atoms with Crippen molar-refractivity contribution in [1.82, 2.24) is 5.48 Å². The maximum Gasteiger partial charge on any atom is 0.169 e. The average Bonchev–Trinajstić information content (AvgIpc) is 2.90. The van der Waals surface area contributed by atoms with Crippen molar-refractivity contribution in [2.75, 3.05) is 0 Å². The second-order valence-electron chi connectivity index (χ2n) is 6.53. The molecule has 0 unspecified atom stereocenters. The van der Waals surface area contributed by atoms with Gasteiger partial charge in [-0.15, -0.1) is 0 Å². The van der Waals surface area contributed by atoms with E-state index < -0.39 is 0 Å². The van der Waals surface area contributed by atoms with E-state index in [4.69, 9.17) is 4.84 Å². The molecule has 0 bridgehead atoms. The van der Waals surface area contributed by atoms with Crippen LogP contribution in [0.5, 0.6) is 5.75 Å². The lowest BCUT2D eigenvalue weighted by atomic mass is 9.90. The SMILES string of the molecule is C=C1C=Cc2c(cc3c(c2ONC(=C)CC(C)C)C=CC3)C1. The van der Waals surface area contributed by atoms with Crippen molar-refractivity contribution >= 4 is 12.2 Å². The molecule has 0 heterocycles. The molecule has 0 atom stereocenters. The molecule has 0 fully saturated rings. The molecule has 0 saturated heterocycles. The molecular formula is C20H23NO. The van der Waals surface area contributed by atoms with Gasteiger partial charge in [-0.25, -0.2) is 5.48 Å². The molecule has 0 aromatic heterocycles. The highest BCUT2D eigenvalue weighted by Gasteiger charge is 2.21. The Morgan fingerprint density at radius 2 is 2.00 bits per heavy atom. The Morgan fingerprint density at radius 3 is 2.77 bits per heavy atom. The van der Waals surface area contributed by atoms with Crippen molar-refractivity contribution in [2.45, 2.75) is 33.1 Å². The van der Waals surface area contributed by atoms with Gasteiger partial charge in [-0.05, 0) is 36.3 Å². The fourth-order valence-corrected chi connectivity index (χ4v) is 3.06. The number of benzene rings is 1. The van der Waals surface area contributed by atoms with Crippen LogP contribution in [0.15, 0.2) is 42.6 Å². The minimum Gasteiger partial charge on any atom is -0.381 e. The topological polar surface area (TPSA) is 21.3 Å². The van der Waals surface area contributed by atoms with Crippen LogP contribution in [-0.4, -0.2) is 0 Å². The van der Waals surface area contributed by atoms with Crippen LogP contribution >= 0.6 is 0 Å². The summed E-state index contributed by atoms with van der Waals surface area (Å²) < 4.78 is 0. The van der Waals surface area contributed by atoms with Crippen molar-refractivity contribution in [3.8, 4) is 5.75 Å². The van der Waals surface area contributed by atoms with Crippen molar-refractivity contribution in [2.24, 2.45) is 5.92 Å². The molecule has 2 aliphatic carbocycles. The summed E-state index contributed by atoms with van der Waals surface area (Å²) in [6, 6.07) is 2.29. The lowest BCUT2D eigenvalue weighted by Gasteiger charge is -2.21. The number of allylic oxidation sites excluding steroid dienone is 4. The fourth-order valence-electron chi connectivity index (χ4n) is 3.06. The van der Waals surface area contributed by atoms with Crippen molar-refractivity contribution in [3.05, 3.63) is 64.9 Å². The Labute approximate surface area is 132 Å². The molecule has 1 aromatic rings. The number of hydroxylamine groups is 1. The third kappa shape index (κ3) is 2.87. The Bertz CT molecular complexity index is 692. The lowest BCUT2D eigenvalue weighted by Crippen LogP contribution is -2.20. The summed E-state index contributed by atoms with van der Waals surface area (Å²) in [4.78, 5) is 5.96. The summed E-state index contributed by atoms with van der Waals surface area (Å²) in [5, 5.41) is 0. The summed E-state index contributed by atoms with van der Waals surface area (Å²) in [7, 11) is 0. The standard InChI is InChI=1S/C20H23NO/c1-13(2)10-15(4)21-22-20-18-7-5-6-16(18)12-17-11-14(3)8-9-19(17)20/h5,7-9,12-13,21H,3-4,6,10-11H2,1-2H3. The maximum absolute atomic E-state index is 5.96. The molecule has 3 rings (SSSR count). The quantitative estimate of drug-likeness (QED) is 0.785. The monoisotopic (exact) mass is 293 g/mol. The van der Waals surface area contributed by atoms with Crippen molar-refractivity contribution in [3.63, 3.8) is 0 Å². The zero-order chi connectivity index (χ0) is 15.7. The van der Waals surface area contributed by atoms with E-state index in [2.05, 4.69) is 62.9 Å². The Balaban J connectivity index is 1.90. The summed E-state index contributed by atoms with van der Waals surface area (Å²) in [5.41, 5.74) is 10.0. The van der Waals surface area contributed by atoms with Crippen LogP contribution in [0, 0.1) is 5.92 Å². The highest BCUT2D eigenvalue weighted by molar-refractivity contribution is 5.77. The van der Waals surface area contributed by atoms with E-state index >= 15 is 0 Å². The van der Waals surface area contributed by atoms with Gasteiger partial charge in [0.15, 0.2) is 5.75 Å². The molecule has 2 aliphatic rings. The normalized spacial score (nSPS) is 15.0. The average molecular weight is 293 g/mol. The fraction of sp³-hybridized carbons (Fsp3) is 0.300. The van der Waals surface area contributed by atoms with Gasteiger partial charge >= 0.3 is 0 Å². The van der Waals surface area contributed by atoms with Gasteiger partial charge in [0, 0.05) is 16.8 Å². The van der Waals surface area contributed by atoms with Crippen LogP contribution in [-0.2, 0) is 12.8 Å². The summed E-state index contributed by atoms with van der Waals surface area (Å²) >= 11 is 0. The molecule has 0 amide bonds. The zero-order valence-electron chi connectivity index (χ0n) is 13.4. The van der Waals surface area contributed by atoms with Crippen LogP contribution in [0.2, 0.25) is 0 Å². The van der Waals surface area contributed by atoms with Gasteiger partial charge in [0.1, 0.15) is 0 Å². The van der Waals surface area contributed by atoms with E-state index in [9.17, 15) is 0 Å². The number of rotatable bonds is 5. The molecule has 1 N–H and O–H groups in total. The van der Waals surface area contributed by atoms with Gasteiger partial charge in [-0.1, -0.05) is 62.9 Å². The number of nitrogens with one attached hydrogen (secondary N) is 1. The molecule has 0 spiro atoms. The Hall–Kier alpha value is -2.22. The summed E-state index contributed by atoms with van der Waals surface area (Å²) in [6.45, 7) is 12.5. The predicted molar refractivity (Wildman–Crippen MR) is 93.4 cm³/mol. The van der Waals surface area contributed by atoms with Gasteiger partial charge < -0.3 is 4.84 Å². The largest absolute Gasteiger partial charge is 0.381 e. The van der Waals surface area contributed by atoms with Gasteiger partial charge in [-0.2, -0.15) is 0 Å². The first-order chi connectivity index (χ1) is 10.5. The second kappa shape index (κ2) is 5.88. The number of hydrogen-bond donors (Lipinski definition) is 1. The van der Waals surface area contributed by atoms with Crippen molar-refractivity contribution in [1.29, 1.82) is 0 Å². The predicted octanol–water partition coefficient (Wildman–Crippen LogP) is 4.82. The number of hydrogen-bond acceptors (Lipinski definition) is 2. The van der Waals surface area contributed by atoms with Gasteiger partial charge in [0.05, 0.1) is 0 Å². The van der Waals surface area contributed by atoms with Gasteiger partial charge in [-0.3, -0.25) is 0 Å². The van der Waals surface area contributed by atoms with E-state index in [0.29, 0.717) is 5.92 Å². The first kappa shape index (κ1) is 14.7. The Kier molecular flexibility index (Phi) is 3.93. The van der Waals surface area contributed by atoms with Gasteiger partial charge in [0.25, 0.3) is 0 Å². The Morgan fingerprint density at radius 1 is 1.23 bits per heavy atom. The molecule has 2 nitrogen and oxygen atoms in total. The molecule has 0 aliphatic heterocycles. The third-order valence-electron chi connectivity index (χ3n) is 4.01. The second-order valence-corrected chi connectivity index (χ2v) is 6.53. The van der Waals surface area contributed by atoms with E-state index in [1.165, 1.54) is 16.7 Å². The highest BCUT2D eigenvalue weighted by Crippen LogP contribution is 2.38. The minimum atomic E-state index is 0.558. The van der Waals surface area contributed by atoms with Crippen LogP contribution in [0.4, 0.5) is 0 Å². The molecule has 22 heavy (non-hydrogen) atoms. The first-order valence-corrected chi connectivity index (χ1v) is 7.86. The van der Waals surface area contributed by atoms with E-state index in [0.717, 1.165) is 41.8 Å². The van der Waals surface area contributed by atoms with Crippen LogP contribution in [0.25, 0.3) is 12.2 Å². The third-order valence-corrected chi connectivity index (χ3v) is 4.01. The first-order valence-electron chi connectivity index (χ1n) is 7.86. The van der Waals surface area contributed by atoms with Crippen LogP contribution in [0.3, 0.4) is 0 Å². The number of fused-ring (bicyclic) bond motifs is 2. The summed E-state index contributed by atoms with van der Waals surface area (Å²) in [5.74, 6) is 1.47. The highest BCUT2D eigenvalue weighted by atomic mass is 16.6. The molecular weight excluding hydrogens is 270 g/mol. The van der Waals surface area contributed by atoms with Gasteiger partial charge in [0.2, 0.25) is 0 Å². The van der Waals surface area contributed by atoms with E-state index in [-0.39, 0.29) is 0 Å². The molecule has 2 heteroatoms. The van der Waals surface area contributed by atoms with Crippen LogP contribution < -0.4 is 10.3 Å².